The van der Waals surface area contributed by atoms with Crippen LogP contribution in [0.4, 0.5) is 4.39 Å². The van der Waals surface area contributed by atoms with Crippen LogP contribution in [-0.2, 0) is 13.1 Å². The molecule has 0 unspecified atom stereocenters. The van der Waals surface area contributed by atoms with Crippen molar-refractivity contribution in [2.24, 2.45) is 0 Å². The molecule has 0 saturated carbocycles. The molecule has 0 radical (unpaired) electrons. The zero-order valence-corrected chi connectivity index (χ0v) is 16.5. The number of hydrogen-bond donors (Lipinski definition) is 1. The number of para-hydroxylation sites is 1. The highest BCUT2D eigenvalue weighted by molar-refractivity contribution is 6.31. The average Bonchev–Trinajstić information content (AvgIpc) is 3.07. The Morgan fingerprint density at radius 1 is 0.964 bits per heavy atom. The maximum atomic E-state index is 14.3. The van der Waals surface area contributed by atoms with Crippen LogP contribution in [-0.4, -0.2) is 4.57 Å². The largest absolute Gasteiger partial charge is 0.343 e. The van der Waals surface area contributed by atoms with E-state index in [4.69, 9.17) is 11.6 Å². The molecule has 2 nitrogen and oxygen atoms in total. The second kappa shape index (κ2) is 8.17. The van der Waals surface area contributed by atoms with Crippen molar-refractivity contribution in [2.45, 2.75) is 26.1 Å². The number of rotatable bonds is 6. The SMILES string of the molecule is C[C@@H](NCc1cn(Cc2c(F)cccc2Cl)c2ccccc12)c1ccccc1. The third-order valence-corrected chi connectivity index (χ3v) is 5.51. The standard InChI is InChI=1S/C24H22ClFN2/c1-17(18-8-3-2-4-9-18)27-14-19-15-28(24-13-6-5-10-20(19)24)16-21-22(25)11-7-12-23(21)26/h2-13,15,17,27H,14,16H2,1H3/t17-/m1/s1. The molecule has 0 fully saturated rings. The van der Waals surface area contributed by atoms with E-state index in [1.165, 1.54) is 22.6 Å². The lowest BCUT2D eigenvalue weighted by molar-refractivity contribution is 0.574. The molecule has 0 amide bonds. The minimum Gasteiger partial charge on any atom is -0.343 e. The van der Waals surface area contributed by atoms with Crippen LogP contribution >= 0.6 is 11.6 Å². The number of nitrogens with one attached hydrogen (secondary N) is 1. The van der Waals surface area contributed by atoms with Crippen molar-refractivity contribution in [3.05, 3.63) is 107 Å². The van der Waals surface area contributed by atoms with Crippen LogP contribution in [0, 0.1) is 5.82 Å². The Balaban J connectivity index is 1.61. The molecule has 28 heavy (non-hydrogen) atoms. The van der Waals surface area contributed by atoms with Gasteiger partial charge in [0.25, 0.3) is 0 Å². The van der Waals surface area contributed by atoms with Crippen molar-refractivity contribution in [1.29, 1.82) is 0 Å². The number of halogens is 2. The summed E-state index contributed by atoms with van der Waals surface area (Å²) in [7, 11) is 0. The summed E-state index contributed by atoms with van der Waals surface area (Å²) in [5.41, 5.74) is 4.03. The zero-order chi connectivity index (χ0) is 19.5. The molecule has 1 N–H and O–H groups in total. The van der Waals surface area contributed by atoms with Gasteiger partial charge in [-0.3, -0.25) is 0 Å². The Hall–Kier alpha value is -2.62. The Kier molecular flexibility index (Phi) is 5.47. The van der Waals surface area contributed by atoms with Crippen LogP contribution < -0.4 is 5.32 Å². The van der Waals surface area contributed by atoms with Crippen LogP contribution in [0.25, 0.3) is 10.9 Å². The topological polar surface area (TPSA) is 17.0 Å². The first-order valence-corrected chi connectivity index (χ1v) is 9.79. The molecular weight excluding hydrogens is 371 g/mol. The third kappa shape index (κ3) is 3.82. The van der Waals surface area contributed by atoms with E-state index >= 15 is 0 Å². The smallest absolute Gasteiger partial charge is 0.129 e. The molecular formula is C24H22ClFN2. The van der Waals surface area contributed by atoms with Gasteiger partial charge in [0.2, 0.25) is 0 Å². The predicted octanol–water partition coefficient (Wildman–Crippen LogP) is 6.33. The summed E-state index contributed by atoms with van der Waals surface area (Å²) in [6, 6.07) is 23.7. The minimum absolute atomic E-state index is 0.240. The molecule has 142 valence electrons. The first kappa shape index (κ1) is 18.7. The van der Waals surface area contributed by atoms with Crippen LogP contribution in [0.2, 0.25) is 5.02 Å². The highest BCUT2D eigenvalue weighted by atomic mass is 35.5. The Labute approximate surface area is 169 Å². The lowest BCUT2D eigenvalue weighted by Crippen LogP contribution is -2.17. The maximum absolute atomic E-state index is 14.3. The lowest BCUT2D eigenvalue weighted by atomic mass is 10.1. The molecule has 0 aliphatic rings. The second-order valence-electron chi connectivity index (χ2n) is 7.01. The molecule has 4 aromatic rings. The Bertz CT molecular complexity index is 1070. The van der Waals surface area contributed by atoms with Crippen molar-refractivity contribution in [3.63, 3.8) is 0 Å². The summed E-state index contributed by atoms with van der Waals surface area (Å²) in [6.07, 6.45) is 2.10. The van der Waals surface area contributed by atoms with E-state index in [0.717, 1.165) is 12.1 Å². The molecule has 3 aromatic carbocycles. The molecule has 0 spiro atoms. The summed E-state index contributed by atoms with van der Waals surface area (Å²) in [4.78, 5) is 0. The summed E-state index contributed by atoms with van der Waals surface area (Å²) in [5, 5.41) is 5.22. The minimum atomic E-state index is -0.275. The van der Waals surface area contributed by atoms with Crippen molar-refractivity contribution in [2.75, 3.05) is 0 Å². The average molecular weight is 393 g/mol. The van der Waals surface area contributed by atoms with Gasteiger partial charge in [0, 0.05) is 40.3 Å². The summed E-state index contributed by atoms with van der Waals surface area (Å²) >= 11 is 6.24. The quantitative estimate of drug-likeness (QED) is 0.405. The van der Waals surface area contributed by atoms with Gasteiger partial charge in [0.05, 0.1) is 6.54 Å². The van der Waals surface area contributed by atoms with Crippen molar-refractivity contribution >= 4 is 22.5 Å². The molecule has 4 rings (SSSR count). The fourth-order valence-electron chi connectivity index (χ4n) is 3.57. The Morgan fingerprint density at radius 3 is 2.50 bits per heavy atom. The van der Waals surface area contributed by atoms with Gasteiger partial charge in [-0.25, -0.2) is 4.39 Å². The molecule has 0 bridgehead atoms. The number of aromatic nitrogens is 1. The van der Waals surface area contributed by atoms with Crippen LogP contribution in [0.3, 0.4) is 0 Å². The Morgan fingerprint density at radius 2 is 1.71 bits per heavy atom. The van der Waals surface area contributed by atoms with Crippen molar-refractivity contribution in [1.82, 2.24) is 9.88 Å². The van der Waals surface area contributed by atoms with E-state index in [2.05, 4.69) is 59.4 Å². The first-order chi connectivity index (χ1) is 13.6. The summed E-state index contributed by atoms with van der Waals surface area (Å²) < 4.78 is 16.3. The molecule has 4 heteroatoms. The van der Waals surface area contributed by atoms with Crippen molar-refractivity contribution in [3.8, 4) is 0 Å². The molecule has 0 aliphatic carbocycles. The van der Waals surface area contributed by atoms with Gasteiger partial charge in [-0.1, -0.05) is 66.2 Å². The third-order valence-electron chi connectivity index (χ3n) is 5.16. The van der Waals surface area contributed by atoms with E-state index < -0.39 is 0 Å². The molecule has 1 heterocycles. The predicted molar refractivity (Wildman–Crippen MR) is 114 cm³/mol. The monoisotopic (exact) mass is 392 g/mol. The fourth-order valence-corrected chi connectivity index (χ4v) is 3.79. The van der Waals surface area contributed by atoms with Gasteiger partial charge >= 0.3 is 0 Å². The maximum Gasteiger partial charge on any atom is 0.129 e. The van der Waals surface area contributed by atoms with E-state index in [9.17, 15) is 4.39 Å². The highest BCUT2D eigenvalue weighted by Crippen LogP contribution is 2.26. The van der Waals surface area contributed by atoms with Gasteiger partial charge < -0.3 is 9.88 Å². The molecule has 1 atom stereocenters. The van der Waals surface area contributed by atoms with Gasteiger partial charge in [-0.05, 0) is 36.2 Å². The number of fused-ring (bicyclic) bond motifs is 1. The number of benzene rings is 3. The van der Waals surface area contributed by atoms with Gasteiger partial charge in [0.1, 0.15) is 5.82 Å². The second-order valence-corrected chi connectivity index (χ2v) is 7.42. The lowest BCUT2D eigenvalue weighted by Gasteiger charge is -2.13. The van der Waals surface area contributed by atoms with Crippen LogP contribution in [0.5, 0.6) is 0 Å². The molecule has 0 aliphatic heterocycles. The van der Waals surface area contributed by atoms with E-state index in [-0.39, 0.29) is 11.9 Å². The normalized spacial score (nSPS) is 12.4. The summed E-state index contributed by atoms with van der Waals surface area (Å²) in [6.45, 7) is 3.29. The fraction of sp³-hybridized carbons (Fsp3) is 0.167. The van der Waals surface area contributed by atoms with E-state index in [0.29, 0.717) is 17.1 Å². The molecule has 1 aromatic heterocycles. The number of nitrogens with zero attached hydrogens (tertiary/aromatic N) is 1. The van der Waals surface area contributed by atoms with Crippen LogP contribution in [0.1, 0.15) is 29.7 Å². The summed E-state index contributed by atoms with van der Waals surface area (Å²) in [5.74, 6) is -0.275. The van der Waals surface area contributed by atoms with Crippen molar-refractivity contribution < 1.29 is 4.39 Å². The highest BCUT2D eigenvalue weighted by Gasteiger charge is 2.13. The van der Waals surface area contributed by atoms with Crippen LogP contribution in [0.15, 0.2) is 79.0 Å². The first-order valence-electron chi connectivity index (χ1n) is 9.41. The van der Waals surface area contributed by atoms with E-state index in [1.807, 2.05) is 18.2 Å². The molecule has 0 saturated heterocycles. The van der Waals surface area contributed by atoms with Gasteiger partial charge in [0.15, 0.2) is 0 Å². The van der Waals surface area contributed by atoms with E-state index in [1.54, 1.807) is 12.1 Å². The zero-order valence-electron chi connectivity index (χ0n) is 15.7. The van der Waals surface area contributed by atoms with Gasteiger partial charge in [-0.2, -0.15) is 0 Å². The van der Waals surface area contributed by atoms with Gasteiger partial charge in [-0.15, -0.1) is 0 Å². The number of hydrogen-bond acceptors (Lipinski definition) is 1.